The van der Waals surface area contributed by atoms with Gasteiger partial charge in [-0.05, 0) is 18.6 Å². The van der Waals surface area contributed by atoms with Gasteiger partial charge in [-0.3, -0.25) is 10.1 Å². The summed E-state index contributed by atoms with van der Waals surface area (Å²) in [6.07, 6.45) is 4.05. The van der Waals surface area contributed by atoms with Crippen LogP contribution in [0.1, 0.15) is 55.8 Å². The predicted octanol–water partition coefficient (Wildman–Crippen LogP) is 3.53. The molecule has 23 heavy (non-hydrogen) atoms. The number of carboxylic acid groups (broad SMARTS) is 1. The van der Waals surface area contributed by atoms with Crippen LogP contribution in [0, 0.1) is 0 Å². The normalized spacial score (nSPS) is 10.1. The number of phenols is 1. The number of nitrogens with one attached hydrogen (secondary N) is 1. The number of unbranched alkanes of at least 4 members (excludes halogenated alkanes) is 4. The fourth-order valence-electron chi connectivity index (χ4n) is 1.96. The summed E-state index contributed by atoms with van der Waals surface area (Å²) in [6.45, 7) is 2.10. The van der Waals surface area contributed by atoms with E-state index in [4.69, 9.17) is 5.11 Å². The first-order valence-corrected chi connectivity index (χ1v) is 7.52. The van der Waals surface area contributed by atoms with Crippen LogP contribution in [-0.4, -0.2) is 28.2 Å². The van der Waals surface area contributed by atoms with Gasteiger partial charge in [0.1, 0.15) is 11.3 Å². The molecule has 0 aliphatic rings. The predicted molar refractivity (Wildman–Crippen MR) is 83.6 cm³/mol. The van der Waals surface area contributed by atoms with Gasteiger partial charge in [-0.25, -0.2) is 9.59 Å². The molecule has 0 aromatic heterocycles. The van der Waals surface area contributed by atoms with E-state index in [1.54, 1.807) is 0 Å². The Morgan fingerprint density at radius 2 is 1.83 bits per heavy atom. The van der Waals surface area contributed by atoms with E-state index >= 15 is 0 Å². The number of aromatic carboxylic acids is 1. The van der Waals surface area contributed by atoms with Crippen LogP contribution in [0.4, 0.5) is 10.5 Å². The molecule has 0 heterocycles. The molecule has 7 nitrogen and oxygen atoms in total. The lowest BCUT2D eigenvalue weighted by atomic mass is 10.1. The van der Waals surface area contributed by atoms with Crippen molar-refractivity contribution < 1.29 is 29.3 Å². The number of carboxylic acids is 1. The van der Waals surface area contributed by atoms with E-state index in [0.717, 1.165) is 37.8 Å². The van der Waals surface area contributed by atoms with E-state index in [1.807, 2.05) is 0 Å². The van der Waals surface area contributed by atoms with Gasteiger partial charge in [0.2, 0.25) is 0 Å². The van der Waals surface area contributed by atoms with Crippen molar-refractivity contribution in [2.75, 3.05) is 5.32 Å². The molecule has 0 fully saturated rings. The molecular formula is C16H21NO6. The smallest absolute Gasteiger partial charge is 0.419 e. The monoisotopic (exact) mass is 323 g/mol. The number of ether oxygens (including phenoxy) is 1. The molecule has 0 bridgehead atoms. The number of carbonyl (C=O) groups excluding carboxylic acids is 2. The maximum atomic E-state index is 11.5. The minimum atomic E-state index is -1.28. The standard InChI is InChI=1S/C16H21NO6/c1-2-3-4-5-6-7-14(19)23-16(22)17-11-8-9-12(15(20)21)13(18)10-11/h8-10,18H,2-7H2,1H3,(H,17,22)(H,20,21). The third-order valence-corrected chi connectivity index (χ3v) is 3.17. The molecule has 1 rings (SSSR count). The Morgan fingerprint density at radius 3 is 2.43 bits per heavy atom. The van der Waals surface area contributed by atoms with Gasteiger partial charge in [-0.15, -0.1) is 0 Å². The molecule has 0 saturated heterocycles. The Kier molecular flexibility index (Phi) is 7.59. The molecule has 7 heteroatoms. The van der Waals surface area contributed by atoms with E-state index in [0.29, 0.717) is 6.42 Å². The SMILES string of the molecule is CCCCCCCC(=O)OC(=O)Nc1ccc(C(=O)O)c(O)c1. The summed E-state index contributed by atoms with van der Waals surface area (Å²) < 4.78 is 4.59. The fourth-order valence-corrected chi connectivity index (χ4v) is 1.96. The van der Waals surface area contributed by atoms with E-state index < -0.39 is 23.8 Å². The molecule has 0 saturated carbocycles. The summed E-state index contributed by atoms with van der Waals surface area (Å²) >= 11 is 0. The van der Waals surface area contributed by atoms with Gasteiger partial charge in [-0.1, -0.05) is 32.6 Å². The first-order chi connectivity index (χ1) is 10.9. The Labute approximate surface area is 134 Å². The number of amides is 1. The zero-order chi connectivity index (χ0) is 17.2. The zero-order valence-electron chi connectivity index (χ0n) is 13.0. The van der Waals surface area contributed by atoms with E-state index in [9.17, 15) is 19.5 Å². The number of rotatable bonds is 8. The van der Waals surface area contributed by atoms with Crippen molar-refractivity contribution in [3.05, 3.63) is 23.8 Å². The summed E-state index contributed by atoms with van der Waals surface area (Å²) in [6, 6.07) is 3.50. The molecule has 126 valence electrons. The van der Waals surface area contributed by atoms with Gasteiger partial charge in [0.05, 0.1) is 0 Å². The summed E-state index contributed by atoms with van der Waals surface area (Å²) in [5, 5.41) is 20.5. The van der Waals surface area contributed by atoms with Crippen LogP contribution < -0.4 is 5.32 Å². The van der Waals surface area contributed by atoms with Crippen LogP contribution in [0.5, 0.6) is 5.75 Å². The average molecular weight is 323 g/mol. The van der Waals surface area contributed by atoms with Crippen molar-refractivity contribution in [3.8, 4) is 5.75 Å². The minimum absolute atomic E-state index is 0.133. The molecule has 0 aliphatic carbocycles. The van der Waals surface area contributed by atoms with Gasteiger partial charge < -0.3 is 14.9 Å². The molecule has 0 atom stereocenters. The highest BCUT2D eigenvalue weighted by Crippen LogP contribution is 2.22. The number of hydrogen-bond donors (Lipinski definition) is 3. The fraction of sp³-hybridized carbons (Fsp3) is 0.438. The topological polar surface area (TPSA) is 113 Å². The molecular weight excluding hydrogens is 302 g/mol. The second-order valence-corrected chi connectivity index (χ2v) is 5.09. The third kappa shape index (κ3) is 6.82. The zero-order valence-corrected chi connectivity index (χ0v) is 13.0. The molecule has 1 aromatic rings. The average Bonchev–Trinajstić information content (AvgIpc) is 2.46. The molecule has 0 spiro atoms. The third-order valence-electron chi connectivity index (χ3n) is 3.17. The molecule has 0 unspecified atom stereocenters. The quantitative estimate of drug-likeness (QED) is 0.383. The number of hydrogen-bond acceptors (Lipinski definition) is 5. The van der Waals surface area contributed by atoms with E-state index in [1.165, 1.54) is 6.07 Å². The van der Waals surface area contributed by atoms with Gasteiger partial charge in [0.15, 0.2) is 0 Å². The van der Waals surface area contributed by atoms with Crippen LogP contribution in [0.2, 0.25) is 0 Å². The summed E-state index contributed by atoms with van der Waals surface area (Å²) in [5.41, 5.74) is -0.152. The van der Waals surface area contributed by atoms with Gasteiger partial charge in [0.25, 0.3) is 0 Å². The van der Waals surface area contributed by atoms with Crippen LogP contribution >= 0.6 is 0 Å². The van der Waals surface area contributed by atoms with Crippen molar-refractivity contribution in [2.24, 2.45) is 0 Å². The Morgan fingerprint density at radius 1 is 1.13 bits per heavy atom. The largest absolute Gasteiger partial charge is 0.507 e. The van der Waals surface area contributed by atoms with Crippen molar-refractivity contribution in [3.63, 3.8) is 0 Å². The second-order valence-electron chi connectivity index (χ2n) is 5.09. The Balaban J connectivity index is 2.40. The van der Waals surface area contributed by atoms with E-state index in [-0.39, 0.29) is 17.7 Å². The minimum Gasteiger partial charge on any atom is -0.507 e. The van der Waals surface area contributed by atoms with Crippen LogP contribution in [0.15, 0.2) is 18.2 Å². The lowest BCUT2D eigenvalue weighted by Gasteiger charge is -2.07. The van der Waals surface area contributed by atoms with Crippen LogP contribution in [0.3, 0.4) is 0 Å². The van der Waals surface area contributed by atoms with Gasteiger partial charge in [-0.2, -0.15) is 0 Å². The number of benzene rings is 1. The summed E-state index contributed by atoms with van der Waals surface area (Å²) in [7, 11) is 0. The summed E-state index contributed by atoms with van der Waals surface area (Å²) in [5.74, 6) is -2.39. The second kappa shape index (κ2) is 9.45. The van der Waals surface area contributed by atoms with Crippen molar-refractivity contribution in [1.82, 2.24) is 0 Å². The maximum Gasteiger partial charge on any atom is 0.419 e. The highest BCUT2D eigenvalue weighted by Gasteiger charge is 2.13. The first-order valence-electron chi connectivity index (χ1n) is 7.52. The molecule has 3 N–H and O–H groups in total. The highest BCUT2D eigenvalue weighted by molar-refractivity contribution is 5.95. The number of carbonyl (C=O) groups is 3. The van der Waals surface area contributed by atoms with Crippen LogP contribution in [-0.2, 0) is 9.53 Å². The Hall–Kier alpha value is -2.57. The van der Waals surface area contributed by atoms with Gasteiger partial charge >= 0.3 is 18.0 Å². The van der Waals surface area contributed by atoms with E-state index in [2.05, 4.69) is 17.0 Å². The van der Waals surface area contributed by atoms with Crippen molar-refractivity contribution in [1.29, 1.82) is 0 Å². The maximum absolute atomic E-state index is 11.5. The Bertz CT molecular complexity index is 570. The van der Waals surface area contributed by atoms with Crippen molar-refractivity contribution in [2.45, 2.75) is 45.4 Å². The van der Waals surface area contributed by atoms with Crippen molar-refractivity contribution >= 4 is 23.7 Å². The molecule has 1 amide bonds. The number of aromatic hydroxyl groups is 1. The number of anilines is 1. The lowest BCUT2D eigenvalue weighted by Crippen LogP contribution is -2.18. The van der Waals surface area contributed by atoms with Gasteiger partial charge in [0, 0.05) is 18.2 Å². The molecule has 0 radical (unpaired) electrons. The molecule has 1 aromatic carbocycles. The summed E-state index contributed by atoms with van der Waals surface area (Å²) in [4.78, 5) is 33.8. The highest BCUT2D eigenvalue weighted by atomic mass is 16.6. The first kappa shape index (κ1) is 18.5. The molecule has 0 aliphatic heterocycles. The lowest BCUT2D eigenvalue weighted by molar-refractivity contribution is -0.137. The number of esters is 1. The van der Waals surface area contributed by atoms with Crippen LogP contribution in [0.25, 0.3) is 0 Å².